The first kappa shape index (κ1) is 52.7. The standard InChI is InChI=1S/C51H71N9O8S/c1-13-35(43(52-15-3)32(7)67-12)45-37-28-50(8,9)30-68-48(64)51(66)22-17-23-60(55-51)47(63)38(27-41-53-39(29-69-41)33-18-19-40(36(37)26-33)59(45)16-4)54-46(62)44(31(5)6)57(11)49(65)58-24-20-34(21-25-58)56(10)42(61)14-2/h13-15,18-19,26,29,31-32,34,38,44,55,66H,1-2,16-17,20-25,27-28,30H2,3-12H3,(H,54,62)/b43-35+,52-15?/t32-,38-,44-,51-/m0/s1. The summed E-state index contributed by atoms with van der Waals surface area (Å²) in [5.41, 5.74) is 5.79. The van der Waals surface area contributed by atoms with Crippen molar-refractivity contribution in [2.24, 2.45) is 16.3 Å². The van der Waals surface area contributed by atoms with Crippen molar-refractivity contribution < 1.29 is 38.6 Å². The summed E-state index contributed by atoms with van der Waals surface area (Å²) in [6.45, 7) is 22.9. The maximum atomic E-state index is 14.7. The summed E-state index contributed by atoms with van der Waals surface area (Å²) in [6.07, 6.45) is 6.28. The lowest BCUT2D eigenvalue weighted by Gasteiger charge is -2.41. The molecule has 0 aliphatic carbocycles. The van der Waals surface area contributed by atoms with Crippen molar-refractivity contribution in [1.82, 2.24) is 40.0 Å². The summed E-state index contributed by atoms with van der Waals surface area (Å²) in [4.78, 5) is 84.1. The zero-order valence-electron chi connectivity index (χ0n) is 42.0. The van der Waals surface area contributed by atoms with Crippen LogP contribution in [0.1, 0.15) is 90.4 Å². The first-order valence-corrected chi connectivity index (χ1v) is 24.8. The smallest absolute Gasteiger partial charge is 0.355 e. The van der Waals surface area contributed by atoms with E-state index in [1.807, 2.05) is 59.1 Å². The quantitative estimate of drug-likeness (QED) is 0.0845. The third-order valence-electron chi connectivity index (χ3n) is 13.6. The van der Waals surface area contributed by atoms with Crippen molar-refractivity contribution in [1.29, 1.82) is 0 Å². The molecule has 0 spiro atoms. The number of benzene rings is 1. The lowest BCUT2D eigenvalue weighted by Crippen LogP contribution is -2.67. The van der Waals surface area contributed by atoms with Gasteiger partial charge in [-0.3, -0.25) is 24.4 Å². The fraction of sp³-hybridized carbons (Fsp3) is 0.549. The van der Waals surface area contributed by atoms with Gasteiger partial charge in [0.15, 0.2) is 0 Å². The van der Waals surface area contributed by atoms with E-state index >= 15 is 0 Å². The normalized spacial score (nSPS) is 21.6. The van der Waals surface area contributed by atoms with Crippen LogP contribution in [0.5, 0.6) is 0 Å². The number of esters is 1. The summed E-state index contributed by atoms with van der Waals surface area (Å²) >= 11 is 1.35. The van der Waals surface area contributed by atoms with E-state index in [4.69, 9.17) is 19.5 Å². The van der Waals surface area contributed by atoms with Crippen LogP contribution in [-0.4, -0.2) is 148 Å². The monoisotopic (exact) mass is 970 g/mol. The van der Waals surface area contributed by atoms with Crippen molar-refractivity contribution >= 4 is 63.7 Å². The number of aryl methyl sites for hydroxylation is 1. The van der Waals surface area contributed by atoms with Gasteiger partial charge in [-0.05, 0) is 76.1 Å². The number of hydrogen-bond acceptors (Lipinski definition) is 12. The molecule has 374 valence electrons. The number of hydrogen-bond donors (Lipinski definition) is 3. The molecular weight excluding hydrogens is 899 g/mol. The Morgan fingerprint density at radius 1 is 1.13 bits per heavy atom. The van der Waals surface area contributed by atoms with Gasteiger partial charge in [-0.15, -0.1) is 11.3 Å². The number of piperidine rings is 1. The number of carbonyl (C=O) groups is 5. The Balaban J connectivity index is 1.40. The van der Waals surface area contributed by atoms with E-state index in [1.54, 1.807) is 37.2 Å². The number of methoxy groups -OCH3 is 1. The first-order chi connectivity index (χ1) is 32.7. The molecule has 1 aromatic carbocycles. The summed E-state index contributed by atoms with van der Waals surface area (Å²) in [7, 11) is 4.95. The van der Waals surface area contributed by atoms with Gasteiger partial charge < -0.3 is 39.2 Å². The van der Waals surface area contributed by atoms with E-state index in [2.05, 4.69) is 47.5 Å². The van der Waals surface area contributed by atoms with Crippen molar-refractivity contribution in [3.8, 4) is 11.3 Å². The molecule has 17 nitrogen and oxygen atoms in total. The molecule has 3 aliphatic rings. The highest BCUT2D eigenvalue weighted by molar-refractivity contribution is 7.10. The van der Waals surface area contributed by atoms with Crippen LogP contribution < -0.4 is 10.7 Å². The summed E-state index contributed by atoms with van der Waals surface area (Å²) in [5.74, 6) is -2.61. The van der Waals surface area contributed by atoms with Crippen LogP contribution in [0.25, 0.3) is 27.7 Å². The lowest BCUT2D eigenvalue weighted by atomic mass is 9.84. The minimum absolute atomic E-state index is 0.0207. The number of aromatic nitrogens is 2. The zero-order valence-corrected chi connectivity index (χ0v) is 42.8. The molecule has 69 heavy (non-hydrogen) atoms. The van der Waals surface area contributed by atoms with Gasteiger partial charge in [0.2, 0.25) is 17.5 Å². The summed E-state index contributed by atoms with van der Waals surface area (Å²) < 4.78 is 14.0. The Labute approximate surface area is 410 Å². The minimum atomic E-state index is -2.24. The van der Waals surface area contributed by atoms with Crippen LogP contribution in [0.4, 0.5) is 4.79 Å². The minimum Gasteiger partial charge on any atom is -0.462 e. The second-order valence-electron chi connectivity index (χ2n) is 19.4. The number of amides is 5. The third-order valence-corrected chi connectivity index (χ3v) is 14.5. The number of hydrazine groups is 1. The average molecular weight is 970 g/mol. The molecule has 2 fully saturated rings. The van der Waals surface area contributed by atoms with Crippen LogP contribution in [0.3, 0.4) is 0 Å². The van der Waals surface area contributed by atoms with E-state index in [0.29, 0.717) is 55.3 Å². The van der Waals surface area contributed by atoms with Crippen molar-refractivity contribution in [2.45, 2.75) is 123 Å². The number of likely N-dealkylation sites (tertiary alicyclic amines) is 1. The molecule has 0 unspecified atom stereocenters. The molecule has 6 rings (SSSR count). The van der Waals surface area contributed by atoms with Gasteiger partial charge in [-0.2, -0.15) is 5.43 Å². The second-order valence-corrected chi connectivity index (χ2v) is 20.3. The van der Waals surface area contributed by atoms with Gasteiger partial charge in [-0.25, -0.2) is 14.6 Å². The van der Waals surface area contributed by atoms with Crippen molar-refractivity contribution in [3.63, 3.8) is 0 Å². The van der Waals surface area contributed by atoms with Crippen LogP contribution in [-0.2, 0) is 48.0 Å². The highest BCUT2D eigenvalue weighted by Crippen LogP contribution is 2.40. The number of likely N-dealkylation sites (N-methyl/N-ethyl adjacent to an activating group) is 2. The van der Waals surface area contributed by atoms with E-state index in [0.717, 1.165) is 33.3 Å². The molecule has 3 aliphatic heterocycles. The number of carbonyl (C=O) groups excluding carboxylic acids is 5. The molecule has 3 N–H and O–H groups in total. The van der Waals surface area contributed by atoms with Gasteiger partial charge >= 0.3 is 12.0 Å². The molecule has 3 aromatic rings. The number of thiazole rings is 1. The molecular formula is C51H71N9O8S. The maximum Gasteiger partial charge on any atom is 0.355 e. The second kappa shape index (κ2) is 21.9. The van der Waals surface area contributed by atoms with E-state index in [-0.39, 0.29) is 62.4 Å². The molecule has 6 bridgehead atoms. The SMILES string of the molecule is C=CC(=O)N(C)C1CCN(C(=O)N(C)[C@H](C(=O)N[C@H]2Cc3nc(cs3)-c3ccc4c(c3)c(c(/C(C=C)=C(/N=CC)[C@H](C)OC)n4CC)CC(C)(C)COC(=O)[C@@]3(O)CCCN(N3)C2=O)C(C)C)CC1. The Morgan fingerprint density at radius 3 is 2.46 bits per heavy atom. The van der Waals surface area contributed by atoms with E-state index < -0.39 is 41.0 Å². The molecule has 2 saturated heterocycles. The average Bonchev–Trinajstić information content (AvgIpc) is 3.92. The molecule has 2 aromatic heterocycles. The van der Waals surface area contributed by atoms with Gasteiger partial charge in [0.1, 0.15) is 12.1 Å². The molecule has 5 heterocycles. The number of urea groups is 1. The maximum absolute atomic E-state index is 14.7. The largest absolute Gasteiger partial charge is 0.462 e. The number of allylic oxidation sites excluding steroid dienone is 2. The Bertz CT molecular complexity index is 2500. The predicted octanol–water partition coefficient (Wildman–Crippen LogP) is 5.96. The number of aliphatic hydroxyl groups is 1. The molecule has 0 radical (unpaired) electrons. The number of fused-ring (bicyclic) bond motifs is 6. The first-order valence-electron chi connectivity index (χ1n) is 23.9. The molecule has 0 saturated carbocycles. The number of rotatable bonds is 12. The zero-order chi connectivity index (χ0) is 50.5. The van der Waals surface area contributed by atoms with Crippen LogP contribution in [0.2, 0.25) is 0 Å². The highest BCUT2D eigenvalue weighted by Gasteiger charge is 2.46. The number of ether oxygens (including phenoxy) is 2. The topological polar surface area (TPSA) is 191 Å². The van der Waals surface area contributed by atoms with Crippen LogP contribution in [0.15, 0.2) is 59.6 Å². The van der Waals surface area contributed by atoms with Gasteiger partial charge in [0.05, 0.1) is 34.8 Å². The van der Waals surface area contributed by atoms with Crippen LogP contribution in [0, 0.1) is 11.3 Å². The Morgan fingerprint density at radius 2 is 1.84 bits per heavy atom. The van der Waals surface area contributed by atoms with E-state index in [1.165, 1.54) is 27.3 Å². The fourth-order valence-electron chi connectivity index (χ4n) is 9.81. The summed E-state index contributed by atoms with van der Waals surface area (Å²) in [5, 5.41) is 19.5. The van der Waals surface area contributed by atoms with Crippen LogP contribution >= 0.6 is 11.3 Å². The number of nitrogens with zero attached hydrogens (tertiary/aromatic N) is 7. The van der Waals surface area contributed by atoms with E-state index in [9.17, 15) is 29.1 Å². The number of nitrogens with one attached hydrogen (secondary N) is 2. The highest BCUT2D eigenvalue weighted by atomic mass is 32.1. The van der Waals surface area contributed by atoms with Gasteiger partial charge in [-0.1, -0.05) is 53.0 Å². The predicted molar refractivity (Wildman–Crippen MR) is 269 cm³/mol. The molecule has 4 atom stereocenters. The van der Waals surface area contributed by atoms with Gasteiger partial charge in [0, 0.05) is 105 Å². The molecule has 18 heteroatoms. The third kappa shape index (κ3) is 11.2. The van der Waals surface area contributed by atoms with Crippen molar-refractivity contribution in [3.05, 3.63) is 70.9 Å². The number of cyclic esters (lactones) is 1. The Kier molecular flexibility index (Phi) is 16.8. The summed E-state index contributed by atoms with van der Waals surface area (Å²) in [6, 6.07) is 3.63. The lowest BCUT2D eigenvalue weighted by molar-refractivity contribution is -0.189. The number of aliphatic imine (C=N–C) groups is 1. The molecule has 5 amide bonds. The van der Waals surface area contributed by atoms with Gasteiger partial charge in [0.25, 0.3) is 5.91 Å². The fourth-order valence-corrected chi connectivity index (χ4v) is 10.7. The van der Waals surface area contributed by atoms with Crippen molar-refractivity contribution in [2.75, 3.05) is 47.4 Å². The Hall–Kier alpha value is -5.69.